The average Bonchev–Trinajstić information content (AvgIpc) is 2.59. The van der Waals surface area contributed by atoms with Crippen LogP contribution in [0.1, 0.15) is 23.1 Å². The maximum Gasteiger partial charge on any atom is 0.322 e. The minimum Gasteiger partial charge on any atom is -0.320 e. The Morgan fingerprint density at radius 3 is 2.33 bits per heavy atom. The van der Waals surface area contributed by atoms with Gasteiger partial charge in [0.25, 0.3) is 0 Å². The lowest BCUT2D eigenvalue weighted by atomic mass is 9.99. The highest BCUT2D eigenvalue weighted by molar-refractivity contribution is 5.91. The lowest BCUT2D eigenvalue weighted by Crippen LogP contribution is -2.38. The summed E-state index contributed by atoms with van der Waals surface area (Å²) in [5.41, 5.74) is 5.18. The summed E-state index contributed by atoms with van der Waals surface area (Å²) in [7, 11) is 0. The molecule has 0 bridgehead atoms. The first-order valence-corrected chi connectivity index (χ1v) is 8.12. The molecule has 0 saturated carbocycles. The standard InChI is InChI=1S/C20H21FN2O/c1-14-4-3-5-15(2)19(14)22-20(24)23-12-10-17(11-13-23)16-6-8-18(21)9-7-16/h3-10H,11-13H2,1-2H3,(H,22,24). The van der Waals surface area contributed by atoms with E-state index in [1.165, 1.54) is 12.1 Å². The Balaban J connectivity index is 1.67. The number of carbonyl (C=O) groups excluding carboxylic acids is 1. The van der Waals surface area contributed by atoms with Crippen LogP contribution in [0.2, 0.25) is 0 Å². The predicted octanol–water partition coefficient (Wildman–Crippen LogP) is 4.76. The van der Waals surface area contributed by atoms with Crippen LogP contribution in [0.25, 0.3) is 5.57 Å². The number of aryl methyl sites for hydroxylation is 2. The summed E-state index contributed by atoms with van der Waals surface area (Å²) in [5, 5.41) is 3.02. The van der Waals surface area contributed by atoms with Gasteiger partial charge in [0.2, 0.25) is 0 Å². The first kappa shape index (κ1) is 16.2. The Bertz CT molecular complexity index is 760. The third-order valence-electron chi connectivity index (χ3n) is 4.42. The van der Waals surface area contributed by atoms with Crippen LogP contribution in [-0.4, -0.2) is 24.0 Å². The van der Waals surface area contributed by atoms with Gasteiger partial charge in [-0.25, -0.2) is 9.18 Å². The molecule has 2 amide bonds. The number of carbonyl (C=O) groups is 1. The Morgan fingerprint density at radius 2 is 1.75 bits per heavy atom. The highest BCUT2D eigenvalue weighted by Gasteiger charge is 2.19. The molecule has 3 nitrogen and oxygen atoms in total. The highest BCUT2D eigenvalue weighted by atomic mass is 19.1. The van der Waals surface area contributed by atoms with E-state index >= 15 is 0 Å². The van der Waals surface area contributed by atoms with Gasteiger partial charge in [0.1, 0.15) is 5.82 Å². The number of halogens is 1. The van der Waals surface area contributed by atoms with Crippen LogP contribution in [-0.2, 0) is 0 Å². The van der Waals surface area contributed by atoms with Crippen molar-refractivity contribution in [2.24, 2.45) is 0 Å². The second-order valence-electron chi connectivity index (χ2n) is 6.13. The van der Waals surface area contributed by atoms with E-state index in [1.54, 1.807) is 17.0 Å². The maximum atomic E-state index is 13.0. The minimum absolute atomic E-state index is 0.0817. The normalized spacial score (nSPS) is 14.3. The van der Waals surface area contributed by atoms with Gasteiger partial charge in [-0.2, -0.15) is 0 Å². The van der Waals surface area contributed by atoms with E-state index < -0.39 is 0 Å². The van der Waals surface area contributed by atoms with Crippen LogP contribution in [0.3, 0.4) is 0 Å². The van der Waals surface area contributed by atoms with Crippen molar-refractivity contribution in [3.8, 4) is 0 Å². The van der Waals surface area contributed by atoms with Gasteiger partial charge < -0.3 is 10.2 Å². The zero-order valence-corrected chi connectivity index (χ0v) is 14.0. The fourth-order valence-corrected chi connectivity index (χ4v) is 2.98. The van der Waals surface area contributed by atoms with Gasteiger partial charge in [-0.1, -0.05) is 36.4 Å². The zero-order chi connectivity index (χ0) is 17.1. The SMILES string of the molecule is Cc1cccc(C)c1NC(=O)N1CC=C(c2ccc(F)cc2)CC1. The third kappa shape index (κ3) is 3.48. The molecule has 0 atom stereocenters. The molecule has 124 valence electrons. The largest absolute Gasteiger partial charge is 0.322 e. The Hall–Kier alpha value is -2.62. The molecule has 0 spiro atoms. The monoisotopic (exact) mass is 324 g/mol. The molecule has 3 rings (SSSR count). The molecule has 0 aliphatic carbocycles. The number of hydrogen-bond donors (Lipinski definition) is 1. The van der Waals surface area contributed by atoms with Crippen LogP contribution >= 0.6 is 0 Å². The van der Waals surface area contributed by atoms with Crippen molar-refractivity contribution in [3.05, 3.63) is 71.0 Å². The van der Waals surface area contributed by atoms with Crippen LogP contribution in [0.5, 0.6) is 0 Å². The number of para-hydroxylation sites is 1. The second kappa shape index (κ2) is 6.87. The Kier molecular flexibility index (Phi) is 4.65. The fraction of sp³-hybridized carbons (Fsp3) is 0.250. The van der Waals surface area contributed by atoms with Crippen LogP contribution < -0.4 is 5.32 Å². The van der Waals surface area contributed by atoms with Crippen molar-refractivity contribution in [2.45, 2.75) is 20.3 Å². The summed E-state index contributed by atoms with van der Waals surface area (Å²) in [5.74, 6) is -0.232. The molecular weight excluding hydrogens is 303 g/mol. The number of anilines is 1. The number of hydrogen-bond acceptors (Lipinski definition) is 1. The first-order valence-electron chi connectivity index (χ1n) is 8.12. The highest BCUT2D eigenvalue weighted by Crippen LogP contribution is 2.24. The zero-order valence-electron chi connectivity index (χ0n) is 14.0. The molecule has 2 aromatic rings. The lowest BCUT2D eigenvalue weighted by molar-refractivity contribution is 0.217. The Morgan fingerprint density at radius 1 is 1.08 bits per heavy atom. The summed E-state index contributed by atoms with van der Waals surface area (Å²) < 4.78 is 13.0. The van der Waals surface area contributed by atoms with E-state index in [0.29, 0.717) is 13.1 Å². The number of nitrogens with zero attached hydrogens (tertiary/aromatic N) is 1. The molecule has 0 aromatic heterocycles. The van der Waals surface area contributed by atoms with Gasteiger partial charge in [0, 0.05) is 18.8 Å². The molecule has 0 saturated heterocycles. The van der Waals surface area contributed by atoms with E-state index in [0.717, 1.165) is 34.4 Å². The summed E-state index contributed by atoms with van der Waals surface area (Å²) in [6.45, 7) is 5.19. The van der Waals surface area contributed by atoms with Crippen molar-refractivity contribution in [1.29, 1.82) is 0 Å². The molecular formula is C20H21FN2O. The minimum atomic E-state index is -0.232. The molecule has 1 aliphatic rings. The van der Waals surface area contributed by atoms with Gasteiger partial charge in [0.15, 0.2) is 0 Å². The van der Waals surface area contributed by atoms with Crippen LogP contribution in [0, 0.1) is 19.7 Å². The topological polar surface area (TPSA) is 32.3 Å². The molecule has 2 aromatic carbocycles. The summed E-state index contributed by atoms with van der Waals surface area (Å²) in [4.78, 5) is 14.3. The number of benzene rings is 2. The predicted molar refractivity (Wildman–Crippen MR) is 95.5 cm³/mol. The molecule has 4 heteroatoms. The van der Waals surface area contributed by atoms with Gasteiger partial charge >= 0.3 is 6.03 Å². The van der Waals surface area contributed by atoms with Gasteiger partial charge in [-0.15, -0.1) is 0 Å². The molecule has 24 heavy (non-hydrogen) atoms. The summed E-state index contributed by atoms with van der Waals surface area (Å²) >= 11 is 0. The first-order chi connectivity index (χ1) is 11.5. The van der Waals surface area contributed by atoms with Gasteiger partial charge in [-0.05, 0) is 54.7 Å². The maximum absolute atomic E-state index is 13.0. The van der Waals surface area contributed by atoms with Crippen molar-refractivity contribution in [2.75, 3.05) is 18.4 Å². The Labute approximate surface area is 141 Å². The van der Waals surface area contributed by atoms with E-state index in [4.69, 9.17) is 0 Å². The molecule has 1 heterocycles. The number of nitrogens with one attached hydrogen (secondary N) is 1. The smallest absolute Gasteiger partial charge is 0.320 e. The van der Waals surface area contributed by atoms with E-state index in [9.17, 15) is 9.18 Å². The second-order valence-corrected chi connectivity index (χ2v) is 6.13. The molecule has 0 radical (unpaired) electrons. The fourth-order valence-electron chi connectivity index (χ4n) is 2.98. The quantitative estimate of drug-likeness (QED) is 0.848. The van der Waals surface area contributed by atoms with Crippen molar-refractivity contribution >= 4 is 17.3 Å². The van der Waals surface area contributed by atoms with Gasteiger partial charge in [0.05, 0.1) is 0 Å². The van der Waals surface area contributed by atoms with Crippen molar-refractivity contribution in [1.82, 2.24) is 4.90 Å². The summed E-state index contributed by atoms with van der Waals surface area (Å²) in [6, 6.07) is 12.4. The van der Waals surface area contributed by atoms with E-state index in [-0.39, 0.29) is 11.8 Å². The van der Waals surface area contributed by atoms with E-state index in [1.807, 2.05) is 38.1 Å². The third-order valence-corrected chi connectivity index (χ3v) is 4.42. The average molecular weight is 324 g/mol. The number of rotatable bonds is 2. The molecule has 0 fully saturated rings. The lowest BCUT2D eigenvalue weighted by Gasteiger charge is -2.27. The van der Waals surface area contributed by atoms with Gasteiger partial charge in [-0.3, -0.25) is 0 Å². The number of amides is 2. The van der Waals surface area contributed by atoms with Crippen LogP contribution in [0.4, 0.5) is 14.9 Å². The van der Waals surface area contributed by atoms with Crippen LogP contribution in [0.15, 0.2) is 48.5 Å². The van der Waals surface area contributed by atoms with E-state index in [2.05, 4.69) is 5.32 Å². The number of urea groups is 1. The molecule has 1 N–H and O–H groups in total. The van der Waals surface area contributed by atoms with Crippen molar-refractivity contribution in [3.63, 3.8) is 0 Å². The summed E-state index contributed by atoms with van der Waals surface area (Å²) in [6.07, 6.45) is 2.81. The van der Waals surface area contributed by atoms with Crippen molar-refractivity contribution < 1.29 is 9.18 Å². The molecule has 1 aliphatic heterocycles. The molecule has 0 unspecified atom stereocenters.